The summed E-state index contributed by atoms with van der Waals surface area (Å²) in [5, 5.41) is 12.5. The van der Waals surface area contributed by atoms with E-state index in [1.165, 1.54) is 4.90 Å². The second kappa shape index (κ2) is 14.4. The first-order valence-corrected chi connectivity index (χ1v) is 11.2. The lowest BCUT2D eigenvalue weighted by atomic mass is 10.2. The van der Waals surface area contributed by atoms with Crippen LogP contribution in [0, 0.1) is 15.0 Å². The summed E-state index contributed by atoms with van der Waals surface area (Å²) in [5.41, 5.74) is 0.885. The Morgan fingerprint density at radius 2 is 1.94 bits per heavy atom. The van der Waals surface area contributed by atoms with Crippen LogP contribution in [0.25, 0.3) is 10.9 Å². The standard InChI is InChI=1S/C22H30N4O9/c1-16(2)25(21(27)8-4-13-34-26(30)31)14-17(35-22(28)9-5-12-33-24-29)15-32-20-7-3-6-19-18(20)10-11-23-19/h3,6-7,10-11,16-17,23H,4-5,8-9,12-15H2,1-2H3. The lowest BCUT2D eigenvalue weighted by Gasteiger charge is -2.31. The lowest BCUT2D eigenvalue weighted by molar-refractivity contribution is -0.757. The molecule has 0 radical (unpaired) electrons. The van der Waals surface area contributed by atoms with Gasteiger partial charge < -0.3 is 29.0 Å². The first kappa shape index (κ1) is 27.3. The SMILES string of the molecule is CC(C)N(CC(COc1cccc2[nH]ccc12)OC(=O)CCCON=O)C(=O)CCCO[N+](=O)[O-]. The van der Waals surface area contributed by atoms with Crippen molar-refractivity contribution in [3.63, 3.8) is 0 Å². The molecule has 0 bridgehead atoms. The van der Waals surface area contributed by atoms with Crippen LogP contribution in [0.5, 0.6) is 5.75 Å². The zero-order chi connectivity index (χ0) is 25.6. The molecule has 0 aliphatic carbocycles. The van der Waals surface area contributed by atoms with Gasteiger partial charge in [-0.2, -0.15) is 0 Å². The number of H-pyrrole nitrogens is 1. The van der Waals surface area contributed by atoms with E-state index >= 15 is 0 Å². The minimum absolute atomic E-state index is 0.00668. The lowest BCUT2D eigenvalue weighted by Crippen LogP contribution is -2.45. The highest BCUT2D eigenvalue weighted by atomic mass is 16.9. The number of aromatic amines is 1. The normalized spacial score (nSPS) is 11.6. The number of esters is 1. The number of aromatic nitrogens is 1. The molecule has 0 saturated carbocycles. The van der Waals surface area contributed by atoms with Crippen molar-refractivity contribution in [2.24, 2.45) is 5.34 Å². The highest BCUT2D eigenvalue weighted by Gasteiger charge is 2.25. The van der Waals surface area contributed by atoms with E-state index in [4.69, 9.17) is 9.47 Å². The summed E-state index contributed by atoms with van der Waals surface area (Å²) in [5.74, 6) is -0.204. The van der Waals surface area contributed by atoms with Gasteiger partial charge in [-0.05, 0) is 44.9 Å². The van der Waals surface area contributed by atoms with Crippen molar-refractivity contribution in [2.75, 3.05) is 26.4 Å². The average molecular weight is 495 g/mol. The van der Waals surface area contributed by atoms with Crippen LogP contribution in [0.3, 0.4) is 0 Å². The van der Waals surface area contributed by atoms with Crippen LogP contribution in [-0.4, -0.2) is 65.4 Å². The number of nitrogens with zero attached hydrogens (tertiary/aromatic N) is 3. The Bertz CT molecular complexity index is 979. The van der Waals surface area contributed by atoms with Gasteiger partial charge in [0.1, 0.15) is 19.0 Å². The van der Waals surface area contributed by atoms with Gasteiger partial charge in [-0.25, -0.2) is 0 Å². The molecule has 1 heterocycles. The van der Waals surface area contributed by atoms with Gasteiger partial charge in [0.25, 0.3) is 5.09 Å². The van der Waals surface area contributed by atoms with Gasteiger partial charge in [0.05, 0.1) is 13.2 Å². The first-order valence-electron chi connectivity index (χ1n) is 11.2. The fraction of sp³-hybridized carbons (Fsp3) is 0.545. The van der Waals surface area contributed by atoms with Gasteiger partial charge in [0.2, 0.25) is 5.91 Å². The van der Waals surface area contributed by atoms with Crippen molar-refractivity contribution in [1.82, 2.24) is 9.88 Å². The molecule has 2 rings (SSSR count). The molecule has 1 amide bonds. The third kappa shape index (κ3) is 9.47. The van der Waals surface area contributed by atoms with E-state index in [2.05, 4.69) is 20.0 Å². The van der Waals surface area contributed by atoms with E-state index in [-0.39, 0.29) is 64.0 Å². The van der Waals surface area contributed by atoms with Crippen LogP contribution in [0.1, 0.15) is 39.5 Å². The second-order valence-corrected chi connectivity index (χ2v) is 7.93. The van der Waals surface area contributed by atoms with E-state index in [1.54, 1.807) is 12.3 Å². The van der Waals surface area contributed by atoms with E-state index in [0.29, 0.717) is 5.75 Å². The van der Waals surface area contributed by atoms with Gasteiger partial charge in [0.15, 0.2) is 11.4 Å². The zero-order valence-electron chi connectivity index (χ0n) is 19.7. The van der Waals surface area contributed by atoms with Crippen LogP contribution in [0.2, 0.25) is 0 Å². The first-order chi connectivity index (χ1) is 16.8. The van der Waals surface area contributed by atoms with Crippen LogP contribution in [0.15, 0.2) is 35.8 Å². The van der Waals surface area contributed by atoms with Gasteiger partial charge >= 0.3 is 5.97 Å². The number of fused-ring (bicyclic) bond motifs is 1. The number of carbonyl (C=O) groups excluding carboxylic acids is 2. The molecule has 1 aromatic carbocycles. The predicted molar refractivity (Wildman–Crippen MR) is 124 cm³/mol. The molecular formula is C22H30N4O9. The third-order valence-corrected chi connectivity index (χ3v) is 5.02. The van der Waals surface area contributed by atoms with Crippen molar-refractivity contribution < 1.29 is 33.8 Å². The summed E-state index contributed by atoms with van der Waals surface area (Å²) in [7, 11) is 0. The molecule has 35 heavy (non-hydrogen) atoms. The molecule has 2 aromatic rings. The van der Waals surface area contributed by atoms with E-state index in [9.17, 15) is 24.6 Å². The summed E-state index contributed by atoms with van der Waals surface area (Å²) in [6, 6.07) is 7.16. The monoisotopic (exact) mass is 494 g/mol. The highest BCUT2D eigenvalue weighted by Crippen LogP contribution is 2.25. The molecule has 0 aliphatic rings. The van der Waals surface area contributed by atoms with E-state index in [0.717, 1.165) is 10.9 Å². The molecule has 13 heteroatoms. The smallest absolute Gasteiger partial charge is 0.306 e. The molecule has 1 aromatic heterocycles. The minimum Gasteiger partial charge on any atom is -0.489 e. The number of hydrogen-bond donors (Lipinski definition) is 1. The average Bonchev–Trinajstić information content (AvgIpc) is 3.30. The molecule has 0 saturated heterocycles. The molecule has 1 atom stereocenters. The van der Waals surface area contributed by atoms with Crippen LogP contribution in [-0.2, 0) is 24.0 Å². The molecule has 1 N–H and O–H groups in total. The van der Waals surface area contributed by atoms with Gasteiger partial charge in [-0.3, -0.25) is 9.59 Å². The molecule has 0 spiro atoms. The summed E-state index contributed by atoms with van der Waals surface area (Å²) in [6.07, 6.45) is 1.43. The predicted octanol–water partition coefficient (Wildman–Crippen LogP) is 3.16. The van der Waals surface area contributed by atoms with Crippen molar-refractivity contribution >= 4 is 22.8 Å². The van der Waals surface area contributed by atoms with Crippen LogP contribution < -0.4 is 4.74 Å². The largest absolute Gasteiger partial charge is 0.489 e. The number of ether oxygens (including phenoxy) is 2. The molecule has 13 nitrogen and oxygen atoms in total. The Hall–Kier alpha value is -3.90. The summed E-state index contributed by atoms with van der Waals surface area (Å²) in [4.78, 5) is 58.7. The highest BCUT2D eigenvalue weighted by molar-refractivity contribution is 5.85. The summed E-state index contributed by atoms with van der Waals surface area (Å²) < 4.78 is 11.5. The zero-order valence-corrected chi connectivity index (χ0v) is 19.7. The topological polar surface area (TPSA) is 163 Å². The Labute approximate surface area is 201 Å². The third-order valence-electron chi connectivity index (χ3n) is 5.02. The van der Waals surface area contributed by atoms with Crippen molar-refractivity contribution in [3.8, 4) is 5.75 Å². The summed E-state index contributed by atoms with van der Waals surface area (Å²) in [6.45, 7) is 3.48. The molecule has 0 aliphatic heterocycles. The Balaban J connectivity index is 2.05. The summed E-state index contributed by atoms with van der Waals surface area (Å²) >= 11 is 0. The molecule has 1 unspecified atom stereocenters. The maximum Gasteiger partial charge on any atom is 0.306 e. The molecular weight excluding hydrogens is 464 g/mol. The maximum atomic E-state index is 12.8. The molecule has 0 fully saturated rings. The number of carbonyl (C=O) groups is 2. The van der Waals surface area contributed by atoms with Crippen molar-refractivity contribution in [3.05, 3.63) is 45.5 Å². The van der Waals surface area contributed by atoms with E-state index < -0.39 is 17.2 Å². The Morgan fingerprint density at radius 1 is 1.17 bits per heavy atom. The number of hydrogen-bond acceptors (Lipinski definition) is 10. The Morgan fingerprint density at radius 3 is 2.66 bits per heavy atom. The van der Waals surface area contributed by atoms with Gasteiger partial charge in [-0.1, -0.05) is 6.07 Å². The fourth-order valence-electron chi connectivity index (χ4n) is 3.38. The molecule has 192 valence electrons. The van der Waals surface area contributed by atoms with Gasteiger partial charge in [0, 0.05) is 36.0 Å². The fourth-order valence-corrected chi connectivity index (χ4v) is 3.38. The van der Waals surface area contributed by atoms with Crippen molar-refractivity contribution in [1.29, 1.82) is 0 Å². The number of rotatable bonds is 17. The van der Waals surface area contributed by atoms with E-state index in [1.807, 2.05) is 32.0 Å². The minimum atomic E-state index is -0.904. The second-order valence-electron chi connectivity index (χ2n) is 7.93. The van der Waals surface area contributed by atoms with Crippen molar-refractivity contribution in [2.45, 2.75) is 51.7 Å². The number of amides is 1. The van der Waals surface area contributed by atoms with Crippen LogP contribution >= 0.6 is 0 Å². The number of nitrogens with one attached hydrogen (secondary N) is 1. The number of benzene rings is 1. The maximum absolute atomic E-state index is 12.8. The van der Waals surface area contributed by atoms with Gasteiger partial charge in [-0.15, -0.1) is 15.0 Å². The Kier molecular flexibility index (Phi) is 11.2. The van der Waals surface area contributed by atoms with Crippen LogP contribution in [0.4, 0.5) is 0 Å². The quantitative estimate of drug-likeness (QED) is 0.114.